The van der Waals surface area contributed by atoms with E-state index in [1.54, 1.807) is 37.3 Å². The number of benzene rings is 2. The van der Waals surface area contributed by atoms with Crippen molar-refractivity contribution in [3.8, 4) is 5.75 Å². The van der Waals surface area contributed by atoms with E-state index in [2.05, 4.69) is 26.6 Å². The topological polar surface area (TPSA) is 93.5 Å². The van der Waals surface area contributed by atoms with Crippen LogP contribution in [0.4, 0.5) is 11.4 Å². The Labute approximate surface area is 170 Å². The number of hydrogen-bond donors (Lipinski definition) is 2. The summed E-state index contributed by atoms with van der Waals surface area (Å²) in [6, 6.07) is 9.72. The predicted octanol–water partition coefficient (Wildman–Crippen LogP) is 4.58. The molecule has 7 nitrogen and oxygen atoms in total. The molecule has 0 bridgehead atoms. The number of amides is 1. The minimum atomic E-state index is -0.471. The van der Waals surface area contributed by atoms with Crippen molar-refractivity contribution in [2.75, 3.05) is 11.9 Å². The number of thiocarbonyl (C=S) groups is 1. The highest BCUT2D eigenvalue weighted by molar-refractivity contribution is 9.10. The minimum Gasteiger partial charge on any atom is -0.493 e. The Kier molecular flexibility index (Phi) is 7.26. The van der Waals surface area contributed by atoms with E-state index in [1.165, 1.54) is 6.07 Å². The van der Waals surface area contributed by atoms with Crippen LogP contribution in [-0.2, 0) is 0 Å². The first-order chi connectivity index (χ1) is 12.8. The third kappa shape index (κ3) is 5.48. The number of rotatable bonds is 6. The molecule has 1 amide bonds. The maximum atomic E-state index is 12.6. The molecular formula is C18H18BrN3O4S. The van der Waals surface area contributed by atoms with E-state index in [1.807, 2.05) is 6.92 Å². The average Bonchev–Trinajstić information content (AvgIpc) is 2.62. The minimum absolute atomic E-state index is 0.0311. The Morgan fingerprint density at radius 2 is 2.07 bits per heavy atom. The van der Waals surface area contributed by atoms with Gasteiger partial charge >= 0.3 is 0 Å². The van der Waals surface area contributed by atoms with Crippen molar-refractivity contribution in [1.82, 2.24) is 5.32 Å². The number of anilines is 1. The molecule has 2 aromatic rings. The highest BCUT2D eigenvalue weighted by Crippen LogP contribution is 2.26. The number of ether oxygens (including phenoxy) is 1. The van der Waals surface area contributed by atoms with E-state index in [4.69, 9.17) is 17.0 Å². The molecule has 0 aliphatic rings. The molecule has 9 heteroatoms. The van der Waals surface area contributed by atoms with Gasteiger partial charge in [-0.3, -0.25) is 20.2 Å². The van der Waals surface area contributed by atoms with Crippen LogP contribution in [0, 0.1) is 17.0 Å². The van der Waals surface area contributed by atoms with Crippen LogP contribution in [0.15, 0.2) is 40.9 Å². The van der Waals surface area contributed by atoms with Crippen LogP contribution in [0.1, 0.15) is 29.3 Å². The summed E-state index contributed by atoms with van der Waals surface area (Å²) in [5.74, 6) is 0.00914. The number of nitrogens with zero attached hydrogens (tertiary/aromatic N) is 1. The van der Waals surface area contributed by atoms with Crippen molar-refractivity contribution in [1.29, 1.82) is 0 Å². The zero-order valence-corrected chi connectivity index (χ0v) is 17.1. The van der Waals surface area contributed by atoms with Crippen molar-refractivity contribution in [2.24, 2.45) is 0 Å². The number of hydrogen-bond acceptors (Lipinski definition) is 5. The van der Waals surface area contributed by atoms with Crippen LogP contribution in [-0.4, -0.2) is 22.5 Å². The van der Waals surface area contributed by atoms with Gasteiger partial charge in [0.1, 0.15) is 5.75 Å². The van der Waals surface area contributed by atoms with Crippen LogP contribution in [0.25, 0.3) is 0 Å². The number of carbonyl (C=O) groups is 1. The molecule has 0 radical (unpaired) electrons. The molecule has 0 saturated carbocycles. The largest absolute Gasteiger partial charge is 0.493 e. The van der Waals surface area contributed by atoms with Gasteiger partial charge in [0.25, 0.3) is 11.6 Å². The predicted molar refractivity (Wildman–Crippen MR) is 111 cm³/mol. The summed E-state index contributed by atoms with van der Waals surface area (Å²) in [5.41, 5.74) is 1.17. The van der Waals surface area contributed by atoms with Gasteiger partial charge in [-0.05, 0) is 49.8 Å². The monoisotopic (exact) mass is 451 g/mol. The third-order valence-electron chi connectivity index (χ3n) is 3.63. The summed E-state index contributed by atoms with van der Waals surface area (Å²) in [5, 5.41) is 16.5. The fraction of sp³-hybridized carbons (Fsp3) is 0.222. The molecule has 0 heterocycles. The summed E-state index contributed by atoms with van der Waals surface area (Å²) in [6.45, 7) is 4.06. The average molecular weight is 452 g/mol. The van der Waals surface area contributed by atoms with Crippen molar-refractivity contribution in [2.45, 2.75) is 20.3 Å². The Hall–Kier alpha value is -2.52. The number of carbonyl (C=O) groups excluding carboxylic acids is 1. The molecule has 0 aliphatic heterocycles. The summed E-state index contributed by atoms with van der Waals surface area (Å²) < 4.78 is 6.33. The second kappa shape index (κ2) is 9.43. The fourth-order valence-electron chi connectivity index (χ4n) is 2.30. The van der Waals surface area contributed by atoms with Gasteiger partial charge in [-0.2, -0.15) is 0 Å². The molecular weight excluding hydrogens is 434 g/mol. The van der Waals surface area contributed by atoms with Crippen LogP contribution < -0.4 is 15.4 Å². The summed E-state index contributed by atoms with van der Waals surface area (Å²) in [6.07, 6.45) is 0.809. The number of halogens is 1. The van der Waals surface area contributed by atoms with E-state index < -0.39 is 10.8 Å². The summed E-state index contributed by atoms with van der Waals surface area (Å²) in [4.78, 5) is 23.2. The number of nitrogens with one attached hydrogen (secondary N) is 2. The van der Waals surface area contributed by atoms with E-state index in [-0.39, 0.29) is 10.8 Å². The van der Waals surface area contributed by atoms with E-state index in [0.717, 1.165) is 10.9 Å². The van der Waals surface area contributed by atoms with Crippen molar-refractivity contribution < 1.29 is 14.5 Å². The van der Waals surface area contributed by atoms with Gasteiger partial charge in [0, 0.05) is 10.5 Å². The standard InChI is InChI=1S/C18H18BrN3O4S/c1-3-9-26-16-8-7-12(19)10-13(16)17(23)21-18(27)20-14-5-4-6-15(11(14)2)22(24)25/h4-8,10H,3,9H2,1-2H3,(H2,20,21,23,27). The Morgan fingerprint density at radius 1 is 1.33 bits per heavy atom. The molecule has 0 aromatic heterocycles. The number of nitro benzene ring substituents is 1. The third-order valence-corrected chi connectivity index (χ3v) is 4.32. The number of nitro groups is 1. The molecule has 0 spiro atoms. The summed E-state index contributed by atoms with van der Waals surface area (Å²) in [7, 11) is 0. The second-order valence-electron chi connectivity index (χ2n) is 5.60. The SMILES string of the molecule is CCCOc1ccc(Br)cc1C(=O)NC(=S)Nc1cccc([N+](=O)[O-])c1C. The lowest BCUT2D eigenvalue weighted by Gasteiger charge is -2.14. The second-order valence-corrected chi connectivity index (χ2v) is 6.93. The molecule has 0 saturated heterocycles. The van der Waals surface area contributed by atoms with Crippen LogP contribution in [0.5, 0.6) is 5.75 Å². The molecule has 0 aliphatic carbocycles. The van der Waals surface area contributed by atoms with Crippen LogP contribution >= 0.6 is 28.1 Å². The van der Waals surface area contributed by atoms with E-state index >= 15 is 0 Å². The van der Waals surface area contributed by atoms with Crippen LogP contribution in [0.3, 0.4) is 0 Å². The molecule has 2 aromatic carbocycles. The first-order valence-corrected chi connectivity index (χ1v) is 9.32. The molecule has 2 N–H and O–H groups in total. The quantitative estimate of drug-likeness (QED) is 0.379. The normalized spacial score (nSPS) is 10.2. The van der Waals surface area contributed by atoms with Gasteiger partial charge in [0.15, 0.2) is 5.11 Å². The molecule has 0 atom stereocenters. The maximum absolute atomic E-state index is 12.6. The zero-order valence-electron chi connectivity index (χ0n) is 14.7. The van der Waals surface area contributed by atoms with Gasteiger partial charge in [-0.1, -0.05) is 28.9 Å². The Balaban J connectivity index is 2.15. The van der Waals surface area contributed by atoms with E-state index in [0.29, 0.717) is 29.2 Å². The van der Waals surface area contributed by atoms with Crippen molar-refractivity contribution in [3.05, 3.63) is 62.1 Å². The fourth-order valence-corrected chi connectivity index (χ4v) is 2.86. The smallest absolute Gasteiger partial charge is 0.274 e. The lowest BCUT2D eigenvalue weighted by atomic mass is 10.1. The molecule has 0 fully saturated rings. The van der Waals surface area contributed by atoms with Gasteiger partial charge in [-0.25, -0.2) is 0 Å². The first kappa shape index (κ1) is 20.8. The van der Waals surface area contributed by atoms with E-state index in [9.17, 15) is 14.9 Å². The van der Waals surface area contributed by atoms with Gasteiger partial charge in [-0.15, -0.1) is 0 Å². The molecule has 0 unspecified atom stereocenters. The van der Waals surface area contributed by atoms with Crippen molar-refractivity contribution >= 4 is 50.5 Å². The highest BCUT2D eigenvalue weighted by Gasteiger charge is 2.17. The van der Waals surface area contributed by atoms with Gasteiger partial charge in [0.05, 0.1) is 28.3 Å². The highest BCUT2D eigenvalue weighted by atomic mass is 79.9. The Morgan fingerprint density at radius 3 is 2.74 bits per heavy atom. The lowest BCUT2D eigenvalue weighted by Crippen LogP contribution is -2.34. The summed E-state index contributed by atoms with van der Waals surface area (Å²) >= 11 is 8.51. The maximum Gasteiger partial charge on any atom is 0.274 e. The first-order valence-electron chi connectivity index (χ1n) is 8.12. The molecule has 27 heavy (non-hydrogen) atoms. The van der Waals surface area contributed by atoms with Crippen LogP contribution in [0.2, 0.25) is 0 Å². The molecule has 2 rings (SSSR count). The Bertz CT molecular complexity index is 889. The lowest BCUT2D eigenvalue weighted by molar-refractivity contribution is -0.385. The van der Waals surface area contributed by atoms with Gasteiger partial charge in [0.2, 0.25) is 0 Å². The molecule has 142 valence electrons. The van der Waals surface area contributed by atoms with Gasteiger partial charge < -0.3 is 10.1 Å². The van der Waals surface area contributed by atoms with Crippen molar-refractivity contribution in [3.63, 3.8) is 0 Å². The zero-order chi connectivity index (χ0) is 20.0.